The topological polar surface area (TPSA) is 56.3 Å². The Morgan fingerprint density at radius 2 is 2.26 bits per heavy atom. The van der Waals surface area contributed by atoms with Crippen LogP contribution in [-0.4, -0.2) is 40.1 Å². The molecule has 0 bridgehead atoms. The fourth-order valence-corrected chi connectivity index (χ4v) is 2.91. The van der Waals surface area contributed by atoms with Crippen LogP contribution in [0.3, 0.4) is 0 Å². The van der Waals surface area contributed by atoms with Crippen LogP contribution in [0.25, 0.3) is 10.9 Å². The number of amides is 1. The Morgan fingerprint density at radius 3 is 3.05 bits per heavy atom. The van der Waals surface area contributed by atoms with Gasteiger partial charge in [0.05, 0.1) is 6.10 Å². The number of piperidine rings is 1. The molecule has 0 aliphatic carbocycles. The highest BCUT2D eigenvalue weighted by Gasteiger charge is 2.24. The summed E-state index contributed by atoms with van der Waals surface area (Å²) in [5.74, 6) is -0.0360. The summed E-state index contributed by atoms with van der Waals surface area (Å²) in [6, 6.07) is 7.73. The summed E-state index contributed by atoms with van der Waals surface area (Å²) in [4.78, 5) is 17.2. The number of nitrogens with one attached hydrogen (secondary N) is 1. The molecule has 4 nitrogen and oxygen atoms in total. The van der Waals surface area contributed by atoms with E-state index in [1.54, 1.807) is 4.90 Å². The largest absolute Gasteiger partial charge is 0.391 e. The normalized spacial score (nSPS) is 19.9. The van der Waals surface area contributed by atoms with Crippen LogP contribution in [0.4, 0.5) is 0 Å². The van der Waals surface area contributed by atoms with Crippen molar-refractivity contribution in [2.24, 2.45) is 0 Å². The molecule has 0 unspecified atom stereocenters. The summed E-state index contributed by atoms with van der Waals surface area (Å²) in [5.41, 5.74) is 1.53. The number of hydrogen-bond acceptors (Lipinski definition) is 2. The zero-order valence-corrected chi connectivity index (χ0v) is 12.0. The van der Waals surface area contributed by atoms with Crippen molar-refractivity contribution in [3.8, 4) is 0 Å². The molecule has 1 saturated heterocycles. The third-order valence-corrected chi connectivity index (χ3v) is 3.99. The molecule has 1 aliphatic heterocycles. The van der Waals surface area contributed by atoms with Crippen LogP contribution in [0.5, 0.6) is 0 Å². The number of aliphatic hydroxyl groups is 1. The first-order valence-electron chi connectivity index (χ1n) is 6.39. The average molecular weight is 323 g/mol. The molecule has 3 rings (SSSR count). The van der Waals surface area contributed by atoms with E-state index in [-0.39, 0.29) is 5.91 Å². The molecule has 1 amide bonds. The molecule has 1 aliphatic rings. The molecule has 19 heavy (non-hydrogen) atoms. The first-order valence-corrected chi connectivity index (χ1v) is 7.18. The fraction of sp³-hybridized carbons (Fsp3) is 0.357. The lowest BCUT2D eigenvalue weighted by atomic mass is 10.1. The van der Waals surface area contributed by atoms with Gasteiger partial charge in [-0.3, -0.25) is 4.79 Å². The molecule has 1 atom stereocenters. The quantitative estimate of drug-likeness (QED) is 0.847. The monoisotopic (exact) mass is 322 g/mol. The van der Waals surface area contributed by atoms with E-state index >= 15 is 0 Å². The third-order valence-electron chi connectivity index (χ3n) is 3.50. The van der Waals surface area contributed by atoms with E-state index < -0.39 is 6.10 Å². The smallest absolute Gasteiger partial charge is 0.270 e. The zero-order chi connectivity index (χ0) is 13.4. The number of β-amino-alcohol motifs (C(OH)–C–C–N with tert-alkyl or cyclic N) is 1. The maximum absolute atomic E-state index is 12.4. The first-order chi connectivity index (χ1) is 9.13. The minimum absolute atomic E-state index is 0.0360. The Hall–Kier alpha value is -1.33. The van der Waals surface area contributed by atoms with Gasteiger partial charge in [0.15, 0.2) is 0 Å². The first kappa shape index (κ1) is 12.7. The molecule has 2 aromatic rings. The standard InChI is InChI=1S/C14H15BrN2O2/c15-10-3-4-12-9(6-10)7-13(16-12)14(19)17-5-1-2-11(18)8-17/h3-4,6-7,11,16,18H,1-2,5,8H2/t11-/m1/s1. The Morgan fingerprint density at radius 1 is 1.42 bits per heavy atom. The molecule has 1 aromatic carbocycles. The molecule has 1 aromatic heterocycles. The van der Waals surface area contributed by atoms with Crippen LogP contribution in [0.15, 0.2) is 28.7 Å². The van der Waals surface area contributed by atoms with Crippen LogP contribution in [-0.2, 0) is 0 Å². The van der Waals surface area contributed by atoms with Crippen LogP contribution in [0.1, 0.15) is 23.3 Å². The lowest BCUT2D eigenvalue weighted by Crippen LogP contribution is -2.42. The van der Waals surface area contributed by atoms with Crippen molar-refractivity contribution in [3.63, 3.8) is 0 Å². The lowest BCUT2D eigenvalue weighted by molar-refractivity contribution is 0.0470. The van der Waals surface area contributed by atoms with Gasteiger partial charge in [0.2, 0.25) is 0 Å². The molecule has 1 fully saturated rings. The van der Waals surface area contributed by atoms with Gasteiger partial charge in [-0.15, -0.1) is 0 Å². The molecule has 2 N–H and O–H groups in total. The van der Waals surface area contributed by atoms with E-state index in [9.17, 15) is 9.90 Å². The van der Waals surface area contributed by atoms with Crippen molar-refractivity contribution in [1.82, 2.24) is 9.88 Å². The minimum Gasteiger partial charge on any atom is -0.391 e. The molecule has 0 radical (unpaired) electrons. The Bertz CT molecular complexity index is 623. The molecule has 0 saturated carbocycles. The highest BCUT2D eigenvalue weighted by atomic mass is 79.9. The molecule has 100 valence electrons. The van der Waals surface area contributed by atoms with Crippen molar-refractivity contribution in [2.45, 2.75) is 18.9 Å². The van der Waals surface area contributed by atoms with Crippen LogP contribution >= 0.6 is 15.9 Å². The van der Waals surface area contributed by atoms with Gasteiger partial charge in [-0.1, -0.05) is 15.9 Å². The molecule has 0 spiro atoms. The second-order valence-corrected chi connectivity index (χ2v) is 5.88. The Kier molecular flexibility index (Phi) is 3.33. The molecule has 5 heteroatoms. The number of rotatable bonds is 1. The summed E-state index contributed by atoms with van der Waals surface area (Å²) in [7, 11) is 0. The highest BCUT2D eigenvalue weighted by molar-refractivity contribution is 9.10. The predicted molar refractivity (Wildman–Crippen MR) is 77.1 cm³/mol. The second-order valence-electron chi connectivity index (χ2n) is 4.96. The van der Waals surface area contributed by atoms with Crippen LogP contribution in [0.2, 0.25) is 0 Å². The van der Waals surface area contributed by atoms with E-state index in [4.69, 9.17) is 0 Å². The predicted octanol–water partition coefficient (Wildman–Crippen LogP) is 2.53. The molecular formula is C14H15BrN2O2. The Labute approximate surface area is 119 Å². The van der Waals surface area contributed by atoms with Gasteiger partial charge in [-0.2, -0.15) is 0 Å². The SMILES string of the molecule is O=C(c1cc2cc(Br)ccc2[nH]1)N1CCC[C@@H](O)C1. The number of hydrogen-bond donors (Lipinski definition) is 2. The number of aromatic nitrogens is 1. The number of nitrogens with zero attached hydrogens (tertiary/aromatic N) is 1. The summed E-state index contributed by atoms with van der Waals surface area (Å²) in [6.45, 7) is 1.15. The number of halogens is 1. The number of aromatic amines is 1. The van der Waals surface area contributed by atoms with Gasteiger partial charge in [-0.05, 0) is 37.1 Å². The van der Waals surface area contributed by atoms with E-state index in [1.165, 1.54) is 0 Å². The third kappa shape index (κ3) is 2.53. The maximum Gasteiger partial charge on any atom is 0.270 e. The lowest BCUT2D eigenvalue weighted by Gasteiger charge is -2.29. The van der Waals surface area contributed by atoms with Gasteiger partial charge in [0, 0.05) is 28.5 Å². The van der Waals surface area contributed by atoms with Crippen LogP contribution in [0, 0.1) is 0 Å². The number of H-pyrrole nitrogens is 1. The number of carbonyl (C=O) groups is 1. The van der Waals surface area contributed by atoms with Crippen molar-refractivity contribution < 1.29 is 9.90 Å². The second kappa shape index (κ2) is 4.98. The fourth-order valence-electron chi connectivity index (χ4n) is 2.53. The van der Waals surface area contributed by atoms with E-state index in [2.05, 4.69) is 20.9 Å². The van der Waals surface area contributed by atoms with Crippen molar-refractivity contribution in [2.75, 3.05) is 13.1 Å². The highest BCUT2D eigenvalue weighted by Crippen LogP contribution is 2.22. The summed E-state index contributed by atoms with van der Waals surface area (Å²) in [5, 5.41) is 10.7. The van der Waals surface area contributed by atoms with E-state index in [1.807, 2.05) is 24.3 Å². The number of fused-ring (bicyclic) bond motifs is 1. The average Bonchev–Trinajstić information content (AvgIpc) is 2.80. The van der Waals surface area contributed by atoms with Gasteiger partial charge in [-0.25, -0.2) is 0 Å². The summed E-state index contributed by atoms with van der Waals surface area (Å²) >= 11 is 3.42. The van der Waals surface area contributed by atoms with Crippen molar-refractivity contribution >= 4 is 32.7 Å². The minimum atomic E-state index is -0.392. The van der Waals surface area contributed by atoms with Gasteiger partial charge in [0.1, 0.15) is 5.69 Å². The number of benzene rings is 1. The number of aliphatic hydroxyl groups excluding tert-OH is 1. The molecular weight excluding hydrogens is 308 g/mol. The van der Waals surface area contributed by atoms with Crippen molar-refractivity contribution in [3.05, 3.63) is 34.4 Å². The van der Waals surface area contributed by atoms with Gasteiger partial charge < -0.3 is 15.0 Å². The van der Waals surface area contributed by atoms with Crippen molar-refractivity contribution in [1.29, 1.82) is 0 Å². The van der Waals surface area contributed by atoms with E-state index in [0.717, 1.165) is 34.8 Å². The van der Waals surface area contributed by atoms with Gasteiger partial charge >= 0.3 is 0 Å². The van der Waals surface area contributed by atoms with Crippen LogP contribution < -0.4 is 0 Å². The molecule has 2 heterocycles. The number of likely N-dealkylation sites (tertiary alicyclic amines) is 1. The zero-order valence-electron chi connectivity index (χ0n) is 10.4. The summed E-state index contributed by atoms with van der Waals surface area (Å²) in [6.07, 6.45) is 1.25. The van der Waals surface area contributed by atoms with Gasteiger partial charge in [0.25, 0.3) is 5.91 Å². The maximum atomic E-state index is 12.4. The Balaban J connectivity index is 1.88. The summed E-state index contributed by atoms with van der Waals surface area (Å²) < 4.78 is 0.992. The number of carbonyl (C=O) groups excluding carboxylic acids is 1. The van der Waals surface area contributed by atoms with E-state index in [0.29, 0.717) is 12.2 Å².